The van der Waals surface area contributed by atoms with Crippen LogP contribution < -0.4 is 10.6 Å². The van der Waals surface area contributed by atoms with Gasteiger partial charge in [-0.3, -0.25) is 0 Å². The van der Waals surface area contributed by atoms with Crippen molar-refractivity contribution in [2.75, 3.05) is 25.0 Å². The van der Waals surface area contributed by atoms with Gasteiger partial charge in [0.15, 0.2) is 0 Å². The molecule has 0 spiro atoms. The van der Waals surface area contributed by atoms with Crippen LogP contribution in [0.25, 0.3) is 0 Å². The molecule has 1 aromatic heterocycles. The largest absolute Gasteiger partial charge is 0.369 e. The quantitative estimate of drug-likeness (QED) is 0.858. The number of nitrogens with zero attached hydrogens (tertiary/aromatic N) is 2. The summed E-state index contributed by atoms with van der Waals surface area (Å²) in [6.45, 7) is 9.60. The molecule has 2 heterocycles. The lowest BCUT2D eigenvalue weighted by Crippen LogP contribution is -2.33. The first-order valence-electron chi connectivity index (χ1n) is 6.95. The summed E-state index contributed by atoms with van der Waals surface area (Å²) in [5, 5.41) is 6.96. The molecule has 1 aliphatic heterocycles. The normalized spacial score (nSPS) is 20.1. The molecule has 4 heteroatoms. The Balaban J connectivity index is 2.00. The maximum absolute atomic E-state index is 4.54. The predicted octanol–water partition coefficient (Wildman–Crippen LogP) is 2.32. The van der Waals surface area contributed by atoms with Crippen LogP contribution in [0.1, 0.15) is 44.0 Å². The zero-order valence-corrected chi connectivity index (χ0v) is 11.7. The highest BCUT2D eigenvalue weighted by molar-refractivity contribution is 5.44. The van der Waals surface area contributed by atoms with Gasteiger partial charge in [0.25, 0.3) is 0 Å². The van der Waals surface area contributed by atoms with Gasteiger partial charge >= 0.3 is 0 Å². The second-order valence-corrected chi connectivity index (χ2v) is 5.47. The molecule has 2 N–H and O–H groups in total. The van der Waals surface area contributed by atoms with Gasteiger partial charge in [-0.2, -0.15) is 0 Å². The molecular formula is C14H24N4. The Morgan fingerprint density at radius 1 is 1.50 bits per heavy atom. The summed E-state index contributed by atoms with van der Waals surface area (Å²) in [6.07, 6.45) is 4.54. The van der Waals surface area contributed by atoms with Crippen molar-refractivity contribution in [3.8, 4) is 0 Å². The van der Waals surface area contributed by atoms with Gasteiger partial charge in [-0.05, 0) is 44.7 Å². The van der Waals surface area contributed by atoms with E-state index in [2.05, 4.69) is 34.4 Å². The van der Waals surface area contributed by atoms with E-state index in [4.69, 9.17) is 0 Å². The third-order valence-electron chi connectivity index (χ3n) is 3.52. The van der Waals surface area contributed by atoms with Crippen molar-refractivity contribution in [3.63, 3.8) is 0 Å². The minimum atomic E-state index is 0.456. The third-order valence-corrected chi connectivity index (χ3v) is 3.52. The Morgan fingerprint density at radius 3 is 3.00 bits per heavy atom. The van der Waals surface area contributed by atoms with Crippen LogP contribution in [0.3, 0.4) is 0 Å². The van der Waals surface area contributed by atoms with Gasteiger partial charge in [0.1, 0.15) is 11.6 Å². The summed E-state index contributed by atoms with van der Waals surface area (Å²) in [5.74, 6) is 3.03. The lowest BCUT2D eigenvalue weighted by molar-refractivity contribution is 0.392. The van der Waals surface area contributed by atoms with Crippen LogP contribution >= 0.6 is 0 Å². The Bertz CT molecular complexity index is 383. The second-order valence-electron chi connectivity index (χ2n) is 5.47. The number of nitrogens with one attached hydrogen (secondary N) is 2. The molecule has 100 valence electrons. The molecule has 4 nitrogen and oxygen atoms in total. The average Bonchev–Trinajstić information content (AvgIpc) is 2.37. The highest BCUT2D eigenvalue weighted by Gasteiger charge is 2.14. The van der Waals surface area contributed by atoms with Gasteiger partial charge in [-0.1, -0.05) is 13.8 Å². The number of hydrogen-bond acceptors (Lipinski definition) is 4. The number of hydrogen-bond donors (Lipinski definition) is 2. The lowest BCUT2D eigenvalue weighted by atomic mass is 9.99. The maximum Gasteiger partial charge on any atom is 0.133 e. The van der Waals surface area contributed by atoms with E-state index in [1.165, 1.54) is 24.9 Å². The number of aryl methyl sites for hydroxylation is 1. The van der Waals surface area contributed by atoms with E-state index < -0.39 is 0 Å². The lowest BCUT2D eigenvalue weighted by Gasteiger charge is -2.24. The van der Waals surface area contributed by atoms with Crippen molar-refractivity contribution in [1.82, 2.24) is 15.3 Å². The number of aromatic nitrogens is 2. The van der Waals surface area contributed by atoms with E-state index in [1.54, 1.807) is 0 Å². The summed E-state index contributed by atoms with van der Waals surface area (Å²) >= 11 is 0. The highest BCUT2D eigenvalue weighted by Crippen LogP contribution is 2.22. The minimum Gasteiger partial charge on any atom is -0.369 e. The van der Waals surface area contributed by atoms with Gasteiger partial charge in [0.2, 0.25) is 0 Å². The average molecular weight is 248 g/mol. The highest BCUT2D eigenvalue weighted by atomic mass is 15.0. The Morgan fingerprint density at radius 2 is 2.33 bits per heavy atom. The smallest absolute Gasteiger partial charge is 0.133 e. The van der Waals surface area contributed by atoms with Crippen molar-refractivity contribution in [2.45, 2.75) is 39.5 Å². The van der Waals surface area contributed by atoms with Crippen molar-refractivity contribution >= 4 is 5.82 Å². The van der Waals surface area contributed by atoms with Crippen LogP contribution in [0, 0.1) is 12.8 Å². The third kappa shape index (κ3) is 3.42. The molecule has 0 bridgehead atoms. The van der Waals surface area contributed by atoms with Gasteiger partial charge in [-0.25, -0.2) is 9.97 Å². The van der Waals surface area contributed by atoms with Crippen molar-refractivity contribution in [2.24, 2.45) is 5.92 Å². The molecule has 0 aromatic carbocycles. The number of rotatable bonds is 4. The van der Waals surface area contributed by atoms with Crippen LogP contribution in [0.5, 0.6) is 0 Å². The van der Waals surface area contributed by atoms with Crippen LogP contribution in [-0.4, -0.2) is 29.6 Å². The summed E-state index contributed by atoms with van der Waals surface area (Å²) in [7, 11) is 0. The van der Waals surface area contributed by atoms with Crippen LogP contribution in [-0.2, 0) is 0 Å². The standard InChI is InChI=1S/C14H24N4/c1-10(2)13-9-16-11(3)18-14(13)17-8-12-5-4-6-15-7-12/h9-10,12,15H,4-8H2,1-3H3,(H,16,17,18)/t12-/m0/s1. The summed E-state index contributed by atoms with van der Waals surface area (Å²) < 4.78 is 0. The van der Waals surface area contributed by atoms with Crippen molar-refractivity contribution in [1.29, 1.82) is 0 Å². The van der Waals surface area contributed by atoms with Crippen LogP contribution in [0.15, 0.2) is 6.20 Å². The molecule has 1 atom stereocenters. The molecule has 0 amide bonds. The molecule has 0 aliphatic carbocycles. The molecule has 0 unspecified atom stereocenters. The fraction of sp³-hybridized carbons (Fsp3) is 0.714. The molecule has 18 heavy (non-hydrogen) atoms. The fourth-order valence-electron chi connectivity index (χ4n) is 2.38. The van der Waals surface area contributed by atoms with E-state index in [9.17, 15) is 0 Å². The van der Waals surface area contributed by atoms with Gasteiger partial charge < -0.3 is 10.6 Å². The van der Waals surface area contributed by atoms with Gasteiger partial charge in [0.05, 0.1) is 0 Å². The van der Waals surface area contributed by atoms with Crippen molar-refractivity contribution in [3.05, 3.63) is 17.6 Å². The molecule has 1 aromatic rings. The van der Waals surface area contributed by atoms with E-state index >= 15 is 0 Å². The van der Waals surface area contributed by atoms with E-state index in [0.717, 1.165) is 24.7 Å². The number of piperidine rings is 1. The van der Waals surface area contributed by atoms with E-state index in [0.29, 0.717) is 11.8 Å². The molecule has 0 radical (unpaired) electrons. The summed E-state index contributed by atoms with van der Waals surface area (Å²) in [5.41, 5.74) is 1.21. The minimum absolute atomic E-state index is 0.456. The van der Waals surface area contributed by atoms with Crippen LogP contribution in [0.4, 0.5) is 5.82 Å². The van der Waals surface area contributed by atoms with E-state index in [-0.39, 0.29) is 0 Å². The van der Waals surface area contributed by atoms with Gasteiger partial charge in [-0.15, -0.1) is 0 Å². The molecule has 0 saturated carbocycles. The topological polar surface area (TPSA) is 49.8 Å². The molecule has 1 aliphatic rings. The first-order valence-corrected chi connectivity index (χ1v) is 6.95. The fourth-order valence-corrected chi connectivity index (χ4v) is 2.38. The zero-order valence-electron chi connectivity index (χ0n) is 11.7. The molecule has 1 fully saturated rings. The SMILES string of the molecule is Cc1ncc(C(C)C)c(NC[C@H]2CCCNC2)n1. The molecule has 2 rings (SSSR count). The molecule has 1 saturated heterocycles. The monoisotopic (exact) mass is 248 g/mol. The maximum atomic E-state index is 4.54. The second kappa shape index (κ2) is 6.14. The molecular weight excluding hydrogens is 224 g/mol. The first kappa shape index (κ1) is 13.3. The first-order chi connectivity index (χ1) is 8.66. The Kier molecular flexibility index (Phi) is 4.53. The predicted molar refractivity (Wildman–Crippen MR) is 74.9 cm³/mol. The van der Waals surface area contributed by atoms with Gasteiger partial charge in [0, 0.05) is 18.3 Å². The van der Waals surface area contributed by atoms with Crippen molar-refractivity contribution < 1.29 is 0 Å². The zero-order chi connectivity index (χ0) is 13.0. The summed E-state index contributed by atoms with van der Waals surface area (Å²) in [4.78, 5) is 8.83. The summed E-state index contributed by atoms with van der Waals surface area (Å²) in [6, 6.07) is 0. The van der Waals surface area contributed by atoms with E-state index in [1.807, 2.05) is 13.1 Å². The Hall–Kier alpha value is -1.16. The number of anilines is 1. The Labute approximate surface area is 110 Å². The van der Waals surface area contributed by atoms with Crippen LogP contribution in [0.2, 0.25) is 0 Å².